The van der Waals surface area contributed by atoms with Crippen molar-refractivity contribution in [2.24, 2.45) is 11.8 Å². The molecule has 0 saturated carbocycles. The molecular formula is C9H17NO2. The number of hydrogen-bond acceptors (Lipinski definition) is 2. The monoisotopic (exact) mass is 171 g/mol. The summed E-state index contributed by atoms with van der Waals surface area (Å²) in [5.74, 6) is 0.518. The summed E-state index contributed by atoms with van der Waals surface area (Å²) in [5.41, 5.74) is 0. The van der Waals surface area contributed by atoms with Crippen molar-refractivity contribution in [3.8, 4) is 0 Å². The van der Waals surface area contributed by atoms with Crippen LogP contribution in [0, 0.1) is 11.8 Å². The maximum absolute atomic E-state index is 11.5. The third kappa shape index (κ3) is 1.46. The van der Waals surface area contributed by atoms with Crippen molar-refractivity contribution < 1.29 is 9.90 Å². The van der Waals surface area contributed by atoms with E-state index < -0.39 is 6.23 Å². The lowest BCUT2D eigenvalue weighted by Crippen LogP contribution is -2.30. The van der Waals surface area contributed by atoms with Gasteiger partial charge in [-0.1, -0.05) is 20.3 Å². The summed E-state index contributed by atoms with van der Waals surface area (Å²) < 4.78 is 0. The van der Waals surface area contributed by atoms with Gasteiger partial charge >= 0.3 is 0 Å². The number of aliphatic hydroxyl groups excluding tert-OH is 1. The van der Waals surface area contributed by atoms with Gasteiger partial charge in [0.1, 0.15) is 6.23 Å². The topological polar surface area (TPSA) is 40.5 Å². The molecule has 12 heavy (non-hydrogen) atoms. The first-order valence-electron chi connectivity index (χ1n) is 4.52. The minimum atomic E-state index is -0.559. The molecule has 1 amide bonds. The Kier molecular flexibility index (Phi) is 2.73. The Bertz CT molecular complexity index is 181. The van der Waals surface area contributed by atoms with E-state index in [9.17, 15) is 9.90 Å². The third-order valence-corrected chi connectivity index (χ3v) is 2.91. The van der Waals surface area contributed by atoms with Crippen molar-refractivity contribution in [3.63, 3.8) is 0 Å². The van der Waals surface area contributed by atoms with E-state index in [1.165, 1.54) is 4.90 Å². The van der Waals surface area contributed by atoms with Crippen LogP contribution >= 0.6 is 0 Å². The number of nitrogens with zero attached hydrogens (tertiary/aromatic N) is 1. The van der Waals surface area contributed by atoms with Gasteiger partial charge in [0.25, 0.3) is 0 Å². The minimum absolute atomic E-state index is 0.0370. The molecule has 1 fully saturated rings. The van der Waals surface area contributed by atoms with Crippen molar-refractivity contribution in [2.75, 3.05) is 7.05 Å². The summed E-state index contributed by atoms with van der Waals surface area (Å²) in [6.07, 6.45) is 1.04. The Morgan fingerprint density at radius 1 is 1.75 bits per heavy atom. The van der Waals surface area contributed by atoms with Crippen molar-refractivity contribution in [3.05, 3.63) is 0 Å². The van der Waals surface area contributed by atoms with Crippen LogP contribution in [0.4, 0.5) is 0 Å². The minimum Gasteiger partial charge on any atom is -0.374 e. The van der Waals surface area contributed by atoms with Crippen LogP contribution in [0.1, 0.15) is 26.7 Å². The second-order valence-electron chi connectivity index (χ2n) is 3.66. The maximum Gasteiger partial charge on any atom is 0.227 e. The van der Waals surface area contributed by atoms with Crippen molar-refractivity contribution >= 4 is 5.91 Å². The predicted octanol–water partition coefficient (Wildman–Crippen LogP) is 0.829. The molecule has 1 aliphatic heterocycles. The first-order chi connectivity index (χ1) is 5.57. The second-order valence-corrected chi connectivity index (χ2v) is 3.66. The zero-order chi connectivity index (χ0) is 9.30. The molecule has 0 aliphatic carbocycles. The lowest BCUT2D eigenvalue weighted by Gasteiger charge is -2.15. The molecule has 3 atom stereocenters. The molecular weight excluding hydrogens is 154 g/mol. The Morgan fingerprint density at radius 3 is 2.67 bits per heavy atom. The molecule has 0 radical (unpaired) electrons. The van der Waals surface area contributed by atoms with Gasteiger partial charge in [0.15, 0.2) is 0 Å². The van der Waals surface area contributed by atoms with E-state index in [0.29, 0.717) is 12.3 Å². The maximum atomic E-state index is 11.5. The van der Waals surface area contributed by atoms with Crippen LogP contribution in [0.5, 0.6) is 0 Å². The first-order valence-corrected chi connectivity index (χ1v) is 4.52. The average molecular weight is 171 g/mol. The number of carbonyl (C=O) groups is 1. The molecule has 1 rings (SSSR count). The number of aliphatic hydroxyl groups is 1. The van der Waals surface area contributed by atoms with E-state index in [1.54, 1.807) is 7.05 Å². The Hall–Kier alpha value is -0.570. The molecule has 70 valence electrons. The van der Waals surface area contributed by atoms with E-state index in [2.05, 4.69) is 13.8 Å². The van der Waals surface area contributed by atoms with Gasteiger partial charge in [-0.3, -0.25) is 4.79 Å². The van der Waals surface area contributed by atoms with Crippen LogP contribution in [-0.4, -0.2) is 29.2 Å². The van der Waals surface area contributed by atoms with Gasteiger partial charge in [-0.05, 0) is 5.92 Å². The summed E-state index contributed by atoms with van der Waals surface area (Å²) >= 11 is 0. The van der Waals surface area contributed by atoms with Crippen LogP contribution < -0.4 is 0 Å². The highest BCUT2D eigenvalue weighted by Crippen LogP contribution is 2.29. The summed E-state index contributed by atoms with van der Waals surface area (Å²) in [4.78, 5) is 12.9. The van der Waals surface area contributed by atoms with Gasteiger partial charge in [-0.25, -0.2) is 0 Å². The Morgan fingerprint density at radius 2 is 2.33 bits per heavy atom. The molecule has 0 aromatic heterocycles. The largest absolute Gasteiger partial charge is 0.374 e. The molecule has 0 spiro atoms. The van der Waals surface area contributed by atoms with Crippen LogP contribution in [0.3, 0.4) is 0 Å². The normalized spacial score (nSPS) is 32.7. The number of hydrogen-bond donors (Lipinski definition) is 1. The third-order valence-electron chi connectivity index (χ3n) is 2.91. The quantitative estimate of drug-likeness (QED) is 0.668. The van der Waals surface area contributed by atoms with Crippen LogP contribution in [-0.2, 0) is 4.79 Å². The molecule has 0 aromatic rings. The average Bonchev–Trinajstić information content (AvgIpc) is 2.32. The van der Waals surface area contributed by atoms with Crippen molar-refractivity contribution in [2.45, 2.75) is 32.9 Å². The molecule has 0 aromatic carbocycles. The lowest BCUT2D eigenvalue weighted by atomic mass is 9.90. The highest BCUT2D eigenvalue weighted by atomic mass is 16.3. The van der Waals surface area contributed by atoms with Gasteiger partial charge in [0.05, 0.1) is 0 Å². The number of likely N-dealkylation sites (tertiary alicyclic amines) is 1. The molecule has 1 aliphatic rings. The van der Waals surface area contributed by atoms with E-state index in [-0.39, 0.29) is 11.8 Å². The molecule has 0 bridgehead atoms. The molecule has 1 saturated heterocycles. The van der Waals surface area contributed by atoms with Crippen LogP contribution in [0.15, 0.2) is 0 Å². The zero-order valence-electron chi connectivity index (χ0n) is 7.95. The summed E-state index contributed by atoms with van der Waals surface area (Å²) in [6, 6.07) is 0. The lowest BCUT2D eigenvalue weighted by molar-refractivity contribution is -0.134. The fourth-order valence-corrected chi connectivity index (χ4v) is 1.65. The molecule has 1 N–H and O–H groups in total. The Labute approximate surface area is 73.4 Å². The molecule has 1 heterocycles. The van der Waals surface area contributed by atoms with Gasteiger partial charge in [-0.15, -0.1) is 0 Å². The van der Waals surface area contributed by atoms with E-state index in [1.807, 2.05) is 0 Å². The Balaban J connectivity index is 2.64. The molecule has 3 unspecified atom stereocenters. The summed E-state index contributed by atoms with van der Waals surface area (Å²) in [6.45, 7) is 4.14. The summed E-state index contributed by atoms with van der Waals surface area (Å²) in [7, 11) is 1.66. The van der Waals surface area contributed by atoms with Crippen LogP contribution in [0.2, 0.25) is 0 Å². The fraction of sp³-hybridized carbons (Fsp3) is 0.889. The van der Waals surface area contributed by atoms with E-state index in [4.69, 9.17) is 0 Å². The van der Waals surface area contributed by atoms with Crippen molar-refractivity contribution in [1.82, 2.24) is 4.90 Å². The van der Waals surface area contributed by atoms with E-state index in [0.717, 1.165) is 6.42 Å². The second kappa shape index (κ2) is 3.44. The SMILES string of the molecule is CCC(C)C1CC(O)N(C)C1=O. The van der Waals surface area contributed by atoms with Gasteiger partial charge in [0, 0.05) is 19.4 Å². The fourth-order valence-electron chi connectivity index (χ4n) is 1.65. The van der Waals surface area contributed by atoms with Gasteiger partial charge in [0.2, 0.25) is 5.91 Å². The predicted molar refractivity (Wildman–Crippen MR) is 46.3 cm³/mol. The van der Waals surface area contributed by atoms with Gasteiger partial charge < -0.3 is 10.0 Å². The standard InChI is InChI=1S/C9H17NO2/c1-4-6(2)7-5-8(11)10(3)9(7)12/h6-8,11H,4-5H2,1-3H3. The highest BCUT2D eigenvalue weighted by Gasteiger charge is 2.38. The smallest absolute Gasteiger partial charge is 0.227 e. The molecule has 3 nitrogen and oxygen atoms in total. The van der Waals surface area contributed by atoms with Crippen molar-refractivity contribution in [1.29, 1.82) is 0 Å². The number of rotatable bonds is 2. The highest BCUT2D eigenvalue weighted by molar-refractivity contribution is 5.81. The summed E-state index contributed by atoms with van der Waals surface area (Å²) in [5, 5.41) is 9.39. The molecule has 3 heteroatoms. The first kappa shape index (κ1) is 9.52. The number of amides is 1. The van der Waals surface area contributed by atoms with E-state index >= 15 is 0 Å². The van der Waals surface area contributed by atoms with Crippen LogP contribution in [0.25, 0.3) is 0 Å². The van der Waals surface area contributed by atoms with Gasteiger partial charge in [-0.2, -0.15) is 0 Å². The zero-order valence-corrected chi connectivity index (χ0v) is 7.95. The number of carbonyl (C=O) groups excluding carboxylic acids is 1.